The molecular weight excluding hydrogens is 766 g/mol. The summed E-state index contributed by atoms with van der Waals surface area (Å²) in [5, 5.41) is 3.85. The van der Waals surface area contributed by atoms with Crippen LogP contribution in [0.5, 0.6) is 11.5 Å². The van der Waals surface area contributed by atoms with Crippen molar-refractivity contribution in [3.63, 3.8) is 0 Å². The predicted octanol–water partition coefficient (Wildman–Crippen LogP) is 8.01. The molecule has 15 heteroatoms. The van der Waals surface area contributed by atoms with Gasteiger partial charge in [-0.25, -0.2) is 19.0 Å². The summed E-state index contributed by atoms with van der Waals surface area (Å²) in [5.74, 6) is -1.00. The lowest BCUT2D eigenvalue weighted by molar-refractivity contribution is -0.377. The number of fused-ring (bicyclic) bond motifs is 3. The minimum absolute atomic E-state index is 0.0615. The van der Waals surface area contributed by atoms with E-state index in [2.05, 4.69) is 15.2 Å². The van der Waals surface area contributed by atoms with Crippen molar-refractivity contribution in [1.82, 2.24) is 10.2 Å². The van der Waals surface area contributed by atoms with Crippen molar-refractivity contribution in [2.24, 2.45) is 11.8 Å². The van der Waals surface area contributed by atoms with Crippen molar-refractivity contribution < 1.29 is 46.7 Å². The molecule has 9 nitrogen and oxygen atoms in total. The molecule has 5 heterocycles. The molecule has 0 amide bonds. The molecule has 2 N–H and O–H groups in total. The third kappa shape index (κ3) is 9.67. The van der Waals surface area contributed by atoms with Gasteiger partial charge in [0.2, 0.25) is 0 Å². The quantitative estimate of drug-likeness (QED) is 0.114. The van der Waals surface area contributed by atoms with Crippen LogP contribution in [0.1, 0.15) is 69.1 Å². The zero-order chi connectivity index (χ0) is 37.8. The number of hydrogen-bond donors (Lipinski definition) is 1. The lowest BCUT2D eigenvalue weighted by Crippen LogP contribution is -2.52. The molecule has 286 valence electrons. The van der Waals surface area contributed by atoms with Gasteiger partial charge in [0.1, 0.15) is 39.0 Å². The number of benzene rings is 2. The van der Waals surface area contributed by atoms with E-state index in [0.29, 0.717) is 56.6 Å². The number of piperidine rings is 3. The highest BCUT2D eigenvalue weighted by Crippen LogP contribution is 2.38. The summed E-state index contributed by atoms with van der Waals surface area (Å²) in [5.41, 5.74) is 1.39. The first-order chi connectivity index (χ1) is 26.1. The van der Waals surface area contributed by atoms with Crippen molar-refractivity contribution >= 4 is 46.5 Å². The summed E-state index contributed by atoms with van der Waals surface area (Å²) in [6.45, 7) is 0.138. The molecule has 1 aliphatic carbocycles. The monoisotopic (exact) mass is 804 g/mol. The summed E-state index contributed by atoms with van der Waals surface area (Å²) < 4.78 is 63.5. The predicted molar refractivity (Wildman–Crippen MR) is 196 cm³/mol. The van der Waals surface area contributed by atoms with Crippen LogP contribution in [0.15, 0.2) is 67.0 Å². The number of nitrogens with one attached hydrogen (secondary N) is 2. The maximum Gasteiger partial charge on any atom is 0.387 e. The van der Waals surface area contributed by atoms with Crippen LogP contribution in [-0.4, -0.2) is 55.8 Å². The number of alkyl halides is 2. The van der Waals surface area contributed by atoms with E-state index in [1.54, 1.807) is 36.7 Å². The standard InChI is InChI=1S/C39H38Cl2F3N3O6S/c40-29-18-45-19-30(41)28(29)16-32(24-6-8-31(53-39(43)44)33(15-24)50-21-22-4-5-22)51-37(48)35-9-7-27(54-35)17-46-36(25-2-1-3-26(42)14-25)38(49)52-34-20-47-12-10-23(34)11-13-47/h1-3,6-9,14-15,18-19,22-23,32,34,36,39,46H,4-5,10-13,16-17,20-21H2/p+1/t32-,34-,36?/m0/s1. The van der Waals surface area contributed by atoms with Gasteiger partial charge in [0.15, 0.2) is 23.9 Å². The molecule has 0 radical (unpaired) electrons. The highest BCUT2D eigenvalue weighted by molar-refractivity contribution is 7.13. The second-order valence-corrected chi connectivity index (χ2v) is 15.8. The van der Waals surface area contributed by atoms with Crippen molar-refractivity contribution in [1.29, 1.82) is 0 Å². The Bertz CT molecular complexity index is 1940. The van der Waals surface area contributed by atoms with Gasteiger partial charge in [-0.2, -0.15) is 8.78 Å². The van der Waals surface area contributed by atoms with Gasteiger partial charge in [0.05, 0.1) is 6.61 Å². The molecular formula is C39H39Cl2F3N3O6S+. The zero-order valence-corrected chi connectivity index (χ0v) is 31.4. The lowest BCUT2D eigenvalue weighted by atomic mass is 9.86. The molecule has 4 aliphatic rings. The van der Waals surface area contributed by atoms with Crippen LogP contribution in [0.4, 0.5) is 13.2 Å². The molecule has 2 bridgehead atoms. The van der Waals surface area contributed by atoms with Gasteiger partial charge >= 0.3 is 18.6 Å². The third-order valence-electron chi connectivity index (χ3n) is 9.99. The molecule has 3 atom stereocenters. The first-order valence-electron chi connectivity index (χ1n) is 17.9. The molecule has 4 aromatic rings. The first-order valence-corrected chi connectivity index (χ1v) is 19.4. The summed E-state index contributed by atoms with van der Waals surface area (Å²) in [6, 6.07) is 12.7. The Morgan fingerprint density at radius 2 is 1.74 bits per heavy atom. The van der Waals surface area contributed by atoms with Crippen molar-refractivity contribution in [2.45, 2.75) is 63.5 Å². The van der Waals surface area contributed by atoms with Crippen LogP contribution >= 0.6 is 34.5 Å². The Hall–Kier alpha value is -3.88. The number of hydrogen-bond acceptors (Lipinski definition) is 9. The third-order valence-corrected chi connectivity index (χ3v) is 11.7. The number of ether oxygens (including phenoxy) is 4. The van der Waals surface area contributed by atoms with E-state index in [1.807, 2.05) is 0 Å². The van der Waals surface area contributed by atoms with E-state index >= 15 is 0 Å². The number of aromatic amines is 1. The van der Waals surface area contributed by atoms with E-state index in [-0.39, 0.29) is 35.4 Å². The molecule has 3 aliphatic heterocycles. The molecule has 2 aromatic heterocycles. The largest absolute Gasteiger partial charge is 0.489 e. The Kier molecular flexibility index (Phi) is 12.3. The SMILES string of the molecule is O=C(O[C@@H](Cc1c(Cl)c[nH+]cc1Cl)c1ccc(OC(F)F)c(OCC2CC2)c1)c1ccc(CNC(C(=O)O[C@H]2CN3CCC2CC3)c2cccc(F)c2)s1. The molecule has 2 aromatic carbocycles. The zero-order valence-electron chi connectivity index (χ0n) is 29.1. The molecule has 54 heavy (non-hydrogen) atoms. The van der Waals surface area contributed by atoms with Gasteiger partial charge in [0, 0.05) is 30.0 Å². The number of aromatic nitrogens is 1. The van der Waals surface area contributed by atoms with Crippen LogP contribution < -0.4 is 19.8 Å². The van der Waals surface area contributed by atoms with Gasteiger partial charge in [-0.05, 0) is 98.1 Å². The number of carbonyl (C=O) groups excluding carboxylic acids is 2. The van der Waals surface area contributed by atoms with Crippen molar-refractivity contribution in [3.8, 4) is 11.5 Å². The average Bonchev–Trinajstić information content (AvgIpc) is 3.87. The second kappa shape index (κ2) is 17.3. The van der Waals surface area contributed by atoms with Crippen LogP contribution in [0.2, 0.25) is 10.0 Å². The Morgan fingerprint density at radius 1 is 0.963 bits per heavy atom. The van der Waals surface area contributed by atoms with Gasteiger partial charge in [-0.1, -0.05) is 41.4 Å². The minimum atomic E-state index is -3.06. The van der Waals surface area contributed by atoms with Gasteiger partial charge in [0.25, 0.3) is 0 Å². The number of nitrogens with zero attached hydrogens (tertiary/aromatic N) is 1. The molecule has 8 rings (SSSR count). The number of rotatable bonds is 16. The van der Waals surface area contributed by atoms with Gasteiger partial charge in [-0.3, -0.25) is 10.2 Å². The van der Waals surface area contributed by atoms with E-state index in [1.165, 1.54) is 30.3 Å². The van der Waals surface area contributed by atoms with Crippen LogP contribution in [0.25, 0.3) is 0 Å². The van der Waals surface area contributed by atoms with Gasteiger partial charge < -0.3 is 18.9 Å². The van der Waals surface area contributed by atoms with Crippen LogP contribution in [-0.2, 0) is 27.2 Å². The number of pyridine rings is 1. The number of carbonyl (C=O) groups is 2. The van der Waals surface area contributed by atoms with Crippen LogP contribution in [0, 0.1) is 17.7 Å². The Labute approximate surface area is 324 Å². The molecule has 4 fully saturated rings. The number of esters is 2. The maximum absolute atomic E-state index is 14.3. The fraction of sp³-hybridized carbons (Fsp3) is 0.410. The molecule has 1 unspecified atom stereocenters. The average molecular weight is 806 g/mol. The second-order valence-electron chi connectivity index (χ2n) is 13.8. The molecule has 3 saturated heterocycles. The Morgan fingerprint density at radius 3 is 2.43 bits per heavy atom. The summed E-state index contributed by atoms with van der Waals surface area (Å²) in [7, 11) is 0. The fourth-order valence-corrected chi connectivity index (χ4v) is 8.24. The summed E-state index contributed by atoms with van der Waals surface area (Å²) >= 11 is 14.1. The van der Waals surface area contributed by atoms with E-state index in [9.17, 15) is 22.8 Å². The molecule has 0 spiro atoms. The maximum atomic E-state index is 14.3. The summed E-state index contributed by atoms with van der Waals surface area (Å²) in [6.07, 6.45) is 5.91. The van der Waals surface area contributed by atoms with Gasteiger partial charge in [-0.15, -0.1) is 11.3 Å². The minimum Gasteiger partial charge on any atom is -0.489 e. The topological polar surface area (TPSA) is 100 Å². The molecule has 1 saturated carbocycles. The number of thiophene rings is 1. The fourth-order valence-electron chi connectivity index (χ4n) is 6.87. The highest BCUT2D eigenvalue weighted by atomic mass is 35.5. The number of halogens is 5. The van der Waals surface area contributed by atoms with Crippen LogP contribution in [0.3, 0.4) is 0 Å². The summed E-state index contributed by atoms with van der Waals surface area (Å²) in [4.78, 5) is 33.5. The highest BCUT2D eigenvalue weighted by Gasteiger charge is 2.38. The smallest absolute Gasteiger partial charge is 0.387 e. The van der Waals surface area contributed by atoms with E-state index < -0.39 is 36.5 Å². The Balaban J connectivity index is 1.08. The van der Waals surface area contributed by atoms with E-state index in [0.717, 1.165) is 50.1 Å². The first kappa shape index (κ1) is 38.4. The number of H-pyrrole nitrogens is 1. The lowest BCUT2D eigenvalue weighted by Gasteiger charge is -2.44. The normalized spacial score (nSPS) is 20.4. The van der Waals surface area contributed by atoms with Crippen molar-refractivity contribution in [3.05, 3.63) is 109 Å². The van der Waals surface area contributed by atoms with Crippen molar-refractivity contribution in [2.75, 3.05) is 26.2 Å². The van der Waals surface area contributed by atoms with E-state index in [4.69, 9.17) is 42.1 Å².